The Labute approximate surface area is 88.1 Å². The van der Waals surface area contributed by atoms with Crippen LogP contribution in [0.25, 0.3) is 0 Å². The van der Waals surface area contributed by atoms with Crippen molar-refractivity contribution in [1.82, 2.24) is 9.55 Å². The summed E-state index contributed by atoms with van der Waals surface area (Å²) in [5, 5.41) is 12.1. The van der Waals surface area contributed by atoms with Crippen molar-refractivity contribution in [2.75, 3.05) is 5.32 Å². The Bertz CT molecular complexity index is 361. The molecule has 5 heteroatoms. The average Bonchev–Trinajstić information content (AvgIpc) is 2.77. The van der Waals surface area contributed by atoms with Crippen LogP contribution in [0.15, 0.2) is 12.4 Å². The molecule has 2 rings (SSSR count). The van der Waals surface area contributed by atoms with Crippen molar-refractivity contribution < 1.29 is 9.90 Å². The Morgan fingerprint density at radius 2 is 2.47 bits per heavy atom. The molecule has 1 saturated carbocycles. The molecule has 1 heterocycles. The molecule has 0 aliphatic heterocycles. The predicted molar refractivity (Wildman–Crippen MR) is 55.6 cm³/mol. The smallest absolute Gasteiger partial charge is 0.306 e. The number of anilines is 1. The van der Waals surface area contributed by atoms with E-state index in [1.165, 1.54) is 0 Å². The van der Waals surface area contributed by atoms with E-state index in [0.717, 1.165) is 18.8 Å². The van der Waals surface area contributed by atoms with E-state index >= 15 is 0 Å². The molecule has 1 aliphatic rings. The van der Waals surface area contributed by atoms with Gasteiger partial charge >= 0.3 is 5.97 Å². The standard InChI is InChI=1S/C10H15N3O2/c1-13-5-4-11-10(13)12-8-3-2-7(6-8)9(14)15/h4-5,7-8H,2-3,6H2,1H3,(H,11,12)(H,14,15). The number of nitrogens with one attached hydrogen (secondary N) is 1. The lowest BCUT2D eigenvalue weighted by molar-refractivity contribution is -0.141. The summed E-state index contributed by atoms with van der Waals surface area (Å²) >= 11 is 0. The Kier molecular flexibility index (Phi) is 2.62. The van der Waals surface area contributed by atoms with Crippen molar-refractivity contribution in [1.29, 1.82) is 0 Å². The van der Waals surface area contributed by atoms with Crippen molar-refractivity contribution in [3.05, 3.63) is 12.4 Å². The second kappa shape index (κ2) is 3.92. The van der Waals surface area contributed by atoms with Crippen LogP contribution in [0, 0.1) is 5.92 Å². The van der Waals surface area contributed by atoms with Crippen LogP contribution in [0.2, 0.25) is 0 Å². The molecule has 5 nitrogen and oxygen atoms in total. The van der Waals surface area contributed by atoms with E-state index in [1.54, 1.807) is 6.20 Å². The molecule has 0 radical (unpaired) electrons. The summed E-state index contributed by atoms with van der Waals surface area (Å²) in [7, 11) is 1.92. The number of hydrogen-bond donors (Lipinski definition) is 2. The van der Waals surface area contributed by atoms with Gasteiger partial charge in [-0.1, -0.05) is 0 Å². The highest BCUT2D eigenvalue weighted by atomic mass is 16.4. The third kappa shape index (κ3) is 2.11. The Hall–Kier alpha value is -1.52. The van der Waals surface area contributed by atoms with Crippen LogP contribution in [0.5, 0.6) is 0 Å². The molecule has 2 atom stereocenters. The molecular formula is C10H15N3O2. The molecule has 0 aromatic carbocycles. The Morgan fingerprint density at radius 3 is 3.00 bits per heavy atom. The predicted octanol–water partition coefficient (Wildman–Crippen LogP) is 1.09. The van der Waals surface area contributed by atoms with Crippen molar-refractivity contribution in [3.63, 3.8) is 0 Å². The summed E-state index contributed by atoms with van der Waals surface area (Å²) in [5.41, 5.74) is 0. The maximum atomic E-state index is 10.8. The van der Waals surface area contributed by atoms with E-state index in [1.807, 2.05) is 17.8 Å². The first-order chi connectivity index (χ1) is 7.16. The number of aliphatic carboxylic acids is 1. The fraction of sp³-hybridized carbons (Fsp3) is 0.600. The van der Waals surface area contributed by atoms with Gasteiger partial charge in [0, 0.05) is 25.5 Å². The van der Waals surface area contributed by atoms with Crippen molar-refractivity contribution >= 4 is 11.9 Å². The van der Waals surface area contributed by atoms with E-state index in [2.05, 4.69) is 10.3 Å². The third-order valence-corrected chi connectivity index (χ3v) is 2.94. The third-order valence-electron chi connectivity index (χ3n) is 2.94. The zero-order valence-electron chi connectivity index (χ0n) is 8.68. The van der Waals surface area contributed by atoms with Crippen LogP contribution in [0.4, 0.5) is 5.95 Å². The fourth-order valence-electron chi connectivity index (χ4n) is 2.02. The largest absolute Gasteiger partial charge is 0.481 e. The van der Waals surface area contributed by atoms with Gasteiger partial charge in [-0.05, 0) is 19.3 Å². The zero-order chi connectivity index (χ0) is 10.8. The van der Waals surface area contributed by atoms with Gasteiger partial charge in [0.2, 0.25) is 5.95 Å². The quantitative estimate of drug-likeness (QED) is 0.781. The number of aryl methyl sites for hydroxylation is 1. The van der Waals surface area contributed by atoms with Gasteiger partial charge in [0.05, 0.1) is 5.92 Å². The van der Waals surface area contributed by atoms with Gasteiger partial charge in [-0.15, -0.1) is 0 Å². The summed E-state index contributed by atoms with van der Waals surface area (Å²) < 4.78 is 1.90. The summed E-state index contributed by atoms with van der Waals surface area (Å²) in [6.45, 7) is 0. The molecule has 1 aliphatic carbocycles. The number of aromatic nitrogens is 2. The van der Waals surface area contributed by atoms with Crippen LogP contribution < -0.4 is 5.32 Å². The van der Waals surface area contributed by atoms with Crippen molar-refractivity contribution in [3.8, 4) is 0 Å². The number of imidazole rings is 1. The lowest BCUT2D eigenvalue weighted by Gasteiger charge is -2.12. The molecule has 2 unspecified atom stereocenters. The molecule has 1 aromatic heterocycles. The van der Waals surface area contributed by atoms with Gasteiger partial charge in [-0.3, -0.25) is 4.79 Å². The molecule has 0 saturated heterocycles. The lowest BCUT2D eigenvalue weighted by atomic mass is 10.1. The molecule has 82 valence electrons. The van der Waals surface area contributed by atoms with Gasteiger partial charge in [-0.25, -0.2) is 4.98 Å². The van der Waals surface area contributed by atoms with E-state index in [-0.39, 0.29) is 12.0 Å². The molecular weight excluding hydrogens is 194 g/mol. The van der Waals surface area contributed by atoms with Gasteiger partial charge in [0.25, 0.3) is 0 Å². The van der Waals surface area contributed by atoms with Crippen molar-refractivity contribution in [2.45, 2.75) is 25.3 Å². The number of carboxylic acids is 1. The summed E-state index contributed by atoms with van der Waals surface area (Å²) in [4.78, 5) is 14.9. The summed E-state index contributed by atoms with van der Waals surface area (Å²) in [6.07, 6.45) is 5.96. The monoisotopic (exact) mass is 209 g/mol. The minimum absolute atomic E-state index is 0.192. The normalized spacial score (nSPS) is 25.4. The van der Waals surface area contributed by atoms with Crippen LogP contribution in [-0.2, 0) is 11.8 Å². The van der Waals surface area contributed by atoms with E-state index in [9.17, 15) is 4.79 Å². The molecule has 1 aromatic rings. The molecule has 1 fully saturated rings. The van der Waals surface area contributed by atoms with E-state index in [4.69, 9.17) is 5.11 Å². The number of carboxylic acid groups (broad SMARTS) is 1. The van der Waals surface area contributed by atoms with Crippen LogP contribution in [0.1, 0.15) is 19.3 Å². The van der Waals surface area contributed by atoms with Crippen LogP contribution >= 0.6 is 0 Å². The first kappa shape index (κ1) is 10.0. The second-order valence-electron chi connectivity index (χ2n) is 4.05. The van der Waals surface area contributed by atoms with Crippen molar-refractivity contribution in [2.24, 2.45) is 13.0 Å². The van der Waals surface area contributed by atoms with Gasteiger partial charge < -0.3 is 15.0 Å². The lowest BCUT2D eigenvalue weighted by Crippen LogP contribution is -2.19. The number of nitrogens with zero attached hydrogens (tertiary/aromatic N) is 2. The van der Waals surface area contributed by atoms with Gasteiger partial charge in [0.1, 0.15) is 0 Å². The van der Waals surface area contributed by atoms with E-state index in [0.29, 0.717) is 6.42 Å². The number of rotatable bonds is 3. The molecule has 2 N–H and O–H groups in total. The first-order valence-electron chi connectivity index (χ1n) is 5.13. The number of carbonyl (C=O) groups is 1. The first-order valence-corrected chi connectivity index (χ1v) is 5.13. The Morgan fingerprint density at radius 1 is 1.67 bits per heavy atom. The summed E-state index contributed by atoms with van der Waals surface area (Å²) in [5.74, 6) is -0.0621. The second-order valence-corrected chi connectivity index (χ2v) is 4.05. The van der Waals surface area contributed by atoms with E-state index < -0.39 is 5.97 Å². The Balaban J connectivity index is 1.93. The maximum Gasteiger partial charge on any atom is 0.306 e. The van der Waals surface area contributed by atoms with Gasteiger partial charge in [-0.2, -0.15) is 0 Å². The zero-order valence-corrected chi connectivity index (χ0v) is 8.68. The topological polar surface area (TPSA) is 67.2 Å². The molecule has 15 heavy (non-hydrogen) atoms. The maximum absolute atomic E-state index is 10.8. The minimum Gasteiger partial charge on any atom is -0.481 e. The van der Waals surface area contributed by atoms with Crippen LogP contribution in [-0.4, -0.2) is 26.7 Å². The average molecular weight is 209 g/mol. The highest BCUT2D eigenvalue weighted by Gasteiger charge is 2.29. The highest BCUT2D eigenvalue weighted by Crippen LogP contribution is 2.27. The number of hydrogen-bond acceptors (Lipinski definition) is 3. The molecule has 0 bridgehead atoms. The summed E-state index contributed by atoms with van der Waals surface area (Å²) in [6, 6.07) is 0.243. The molecule has 0 spiro atoms. The SMILES string of the molecule is Cn1ccnc1NC1CCC(C(=O)O)C1. The highest BCUT2D eigenvalue weighted by molar-refractivity contribution is 5.70. The minimum atomic E-state index is -0.681. The molecule has 0 amide bonds. The van der Waals surface area contributed by atoms with Crippen LogP contribution in [0.3, 0.4) is 0 Å². The van der Waals surface area contributed by atoms with Gasteiger partial charge in [0.15, 0.2) is 0 Å². The fourth-order valence-corrected chi connectivity index (χ4v) is 2.02.